The molecule has 5 heteroatoms. The van der Waals surface area contributed by atoms with Crippen molar-refractivity contribution in [3.05, 3.63) is 47.7 Å². The molecule has 0 amide bonds. The fourth-order valence-corrected chi connectivity index (χ4v) is 2.43. The molecule has 1 atom stereocenters. The van der Waals surface area contributed by atoms with E-state index >= 15 is 0 Å². The molecule has 4 N–H and O–H groups in total. The van der Waals surface area contributed by atoms with Gasteiger partial charge in [0, 0.05) is 5.56 Å². The first-order valence-electron chi connectivity index (χ1n) is 6.49. The Morgan fingerprint density at radius 3 is 2.65 bits per heavy atom. The molecule has 0 bridgehead atoms. The molecule has 0 aliphatic heterocycles. The van der Waals surface area contributed by atoms with Crippen LogP contribution in [0.5, 0.6) is 0 Å². The molecule has 3 rings (SSSR count). The lowest BCUT2D eigenvalue weighted by molar-refractivity contribution is 0.595. The Morgan fingerprint density at radius 1 is 1.15 bits per heavy atom. The molecule has 0 saturated heterocycles. The second kappa shape index (κ2) is 4.85. The first-order chi connectivity index (χ1) is 9.65. The molecule has 0 radical (unpaired) electrons. The van der Waals surface area contributed by atoms with Crippen LogP contribution in [0.25, 0.3) is 11.1 Å². The third kappa shape index (κ3) is 2.18. The lowest BCUT2D eigenvalue weighted by atomic mass is 9.94. The quantitative estimate of drug-likeness (QED) is 0.762. The van der Waals surface area contributed by atoms with Gasteiger partial charge in [-0.1, -0.05) is 37.3 Å². The Morgan fingerprint density at radius 2 is 1.90 bits per heavy atom. The maximum absolute atomic E-state index is 5.93. The summed E-state index contributed by atoms with van der Waals surface area (Å²) < 4.78 is 5.44. The van der Waals surface area contributed by atoms with Gasteiger partial charge in [-0.15, -0.1) is 0 Å². The minimum Gasteiger partial charge on any atom is -0.446 e. The number of fused-ring (bicyclic) bond motifs is 1. The third-order valence-corrected chi connectivity index (χ3v) is 3.45. The summed E-state index contributed by atoms with van der Waals surface area (Å²) in [6, 6.07) is 10.3. The Balaban J connectivity index is 1.96. The lowest BCUT2D eigenvalue weighted by Gasteiger charge is -2.10. The van der Waals surface area contributed by atoms with Crippen molar-refractivity contribution in [1.29, 1.82) is 0 Å². The maximum atomic E-state index is 5.93. The molecule has 102 valence electrons. The summed E-state index contributed by atoms with van der Waals surface area (Å²) in [5.41, 5.74) is 14.2. The number of hydrogen-bond acceptors (Lipinski definition) is 5. The van der Waals surface area contributed by atoms with Crippen LogP contribution >= 0.6 is 0 Å². The smallest absolute Gasteiger partial charge is 0.233 e. The molecule has 2 aromatic heterocycles. The predicted octanol–water partition coefficient (Wildman–Crippen LogP) is 2.73. The van der Waals surface area contributed by atoms with E-state index < -0.39 is 0 Å². The highest BCUT2D eigenvalue weighted by molar-refractivity contribution is 5.88. The van der Waals surface area contributed by atoms with E-state index in [4.69, 9.17) is 15.9 Å². The maximum Gasteiger partial charge on any atom is 0.233 e. The van der Waals surface area contributed by atoms with Gasteiger partial charge in [-0.2, -0.15) is 9.97 Å². The number of benzene rings is 1. The molecule has 1 aromatic carbocycles. The average molecular weight is 268 g/mol. The van der Waals surface area contributed by atoms with Gasteiger partial charge in [0.1, 0.15) is 5.82 Å². The number of rotatable bonds is 3. The second-order valence-corrected chi connectivity index (χ2v) is 4.92. The van der Waals surface area contributed by atoms with Crippen molar-refractivity contribution in [2.45, 2.75) is 19.3 Å². The highest BCUT2D eigenvalue weighted by Crippen LogP contribution is 2.29. The molecule has 0 saturated carbocycles. The third-order valence-electron chi connectivity index (χ3n) is 3.45. The van der Waals surface area contributed by atoms with E-state index in [-0.39, 0.29) is 5.95 Å². The van der Waals surface area contributed by atoms with Crippen LogP contribution < -0.4 is 11.5 Å². The lowest BCUT2D eigenvalue weighted by Crippen LogP contribution is -2.02. The van der Waals surface area contributed by atoms with Gasteiger partial charge in [0.05, 0.1) is 11.6 Å². The second-order valence-electron chi connectivity index (χ2n) is 4.92. The molecular weight excluding hydrogens is 252 g/mol. The zero-order chi connectivity index (χ0) is 14.1. The van der Waals surface area contributed by atoms with Gasteiger partial charge in [0.2, 0.25) is 11.7 Å². The monoisotopic (exact) mass is 268 g/mol. The summed E-state index contributed by atoms with van der Waals surface area (Å²) in [6.07, 6.45) is 2.50. The first-order valence-corrected chi connectivity index (χ1v) is 6.49. The molecule has 0 fully saturated rings. The topological polar surface area (TPSA) is 91.0 Å². The fourth-order valence-electron chi connectivity index (χ4n) is 2.43. The highest BCUT2D eigenvalue weighted by atomic mass is 16.3. The van der Waals surface area contributed by atoms with Crippen molar-refractivity contribution in [2.75, 3.05) is 11.5 Å². The summed E-state index contributed by atoms with van der Waals surface area (Å²) in [5.74, 6) is 0.859. The minimum absolute atomic E-state index is 0.131. The molecule has 3 aromatic rings. The van der Waals surface area contributed by atoms with E-state index in [0.717, 1.165) is 17.4 Å². The normalized spacial score (nSPS) is 12.7. The molecule has 0 aliphatic carbocycles. The predicted molar refractivity (Wildman–Crippen MR) is 79.2 cm³/mol. The molecule has 1 unspecified atom stereocenters. The number of anilines is 2. The number of nitrogens with zero attached hydrogens (tertiary/aromatic N) is 2. The Hall–Kier alpha value is -2.56. The SMILES string of the molecule is CC(Cc1coc2nc(N)nc(N)c12)c1ccccc1. The van der Waals surface area contributed by atoms with Crippen molar-refractivity contribution in [3.63, 3.8) is 0 Å². The van der Waals surface area contributed by atoms with Gasteiger partial charge in [-0.05, 0) is 17.9 Å². The van der Waals surface area contributed by atoms with E-state index in [1.165, 1.54) is 5.56 Å². The summed E-state index contributed by atoms with van der Waals surface area (Å²) in [6.45, 7) is 2.17. The first kappa shape index (κ1) is 12.5. The zero-order valence-electron chi connectivity index (χ0n) is 11.2. The summed E-state index contributed by atoms with van der Waals surface area (Å²) in [7, 11) is 0. The van der Waals surface area contributed by atoms with Crippen LogP contribution in [0.2, 0.25) is 0 Å². The summed E-state index contributed by atoms with van der Waals surface area (Å²) in [4.78, 5) is 8.06. The van der Waals surface area contributed by atoms with Crippen LogP contribution in [-0.2, 0) is 6.42 Å². The molecule has 0 spiro atoms. The van der Waals surface area contributed by atoms with Crippen LogP contribution in [-0.4, -0.2) is 9.97 Å². The van der Waals surface area contributed by atoms with Crippen LogP contribution in [0, 0.1) is 0 Å². The van der Waals surface area contributed by atoms with Gasteiger partial charge in [-0.25, -0.2) is 0 Å². The molecule has 2 heterocycles. The van der Waals surface area contributed by atoms with Crippen LogP contribution in [0.15, 0.2) is 41.0 Å². The minimum atomic E-state index is 0.131. The van der Waals surface area contributed by atoms with Crippen LogP contribution in [0.3, 0.4) is 0 Å². The molecule has 5 nitrogen and oxygen atoms in total. The Labute approximate surface area is 116 Å². The zero-order valence-corrected chi connectivity index (χ0v) is 11.2. The fraction of sp³-hybridized carbons (Fsp3) is 0.200. The van der Waals surface area contributed by atoms with E-state index in [1.54, 1.807) is 6.26 Å². The largest absolute Gasteiger partial charge is 0.446 e. The van der Waals surface area contributed by atoms with Gasteiger partial charge in [0.15, 0.2) is 0 Å². The van der Waals surface area contributed by atoms with E-state index in [9.17, 15) is 0 Å². The highest BCUT2D eigenvalue weighted by Gasteiger charge is 2.15. The van der Waals surface area contributed by atoms with E-state index in [2.05, 4.69) is 29.0 Å². The van der Waals surface area contributed by atoms with Crippen molar-refractivity contribution in [3.8, 4) is 0 Å². The standard InChI is InChI=1S/C15H16N4O/c1-9(10-5-3-2-4-6-10)7-11-8-20-14-12(11)13(16)18-15(17)19-14/h2-6,8-9H,7H2,1H3,(H4,16,17,18,19). The molecule has 0 aliphatic rings. The Bertz CT molecular complexity index is 736. The van der Waals surface area contributed by atoms with Gasteiger partial charge in [0.25, 0.3) is 0 Å². The van der Waals surface area contributed by atoms with Gasteiger partial charge in [-0.3, -0.25) is 0 Å². The van der Waals surface area contributed by atoms with Gasteiger partial charge >= 0.3 is 0 Å². The van der Waals surface area contributed by atoms with E-state index in [1.807, 2.05) is 18.2 Å². The number of furan rings is 1. The van der Waals surface area contributed by atoms with Crippen LogP contribution in [0.4, 0.5) is 11.8 Å². The number of hydrogen-bond donors (Lipinski definition) is 2. The number of aromatic nitrogens is 2. The summed E-state index contributed by atoms with van der Waals surface area (Å²) in [5, 5.41) is 0.766. The van der Waals surface area contributed by atoms with E-state index in [0.29, 0.717) is 17.4 Å². The van der Waals surface area contributed by atoms with Crippen molar-refractivity contribution < 1.29 is 4.42 Å². The van der Waals surface area contributed by atoms with Gasteiger partial charge < -0.3 is 15.9 Å². The Kier molecular flexibility index (Phi) is 3.02. The number of nitrogens with two attached hydrogens (primary N) is 2. The summed E-state index contributed by atoms with van der Waals surface area (Å²) >= 11 is 0. The molecule has 20 heavy (non-hydrogen) atoms. The average Bonchev–Trinajstić information content (AvgIpc) is 2.82. The molecular formula is C15H16N4O. The van der Waals surface area contributed by atoms with Crippen molar-refractivity contribution in [1.82, 2.24) is 9.97 Å². The van der Waals surface area contributed by atoms with Crippen molar-refractivity contribution in [2.24, 2.45) is 0 Å². The van der Waals surface area contributed by atoms with Crippen molar-refractivity contribution >= 4 is 22.9 Å². The number of nitrogen functional groups attached to an aromatic ring is 2. The van der Waals surface area contributed by atoms with Crippen LogP contribution in [0.1, 0.15) is 24.0 Å².